The van der Waals surface area contributed by atoms with Crippen LogP contribution in [0.4, 0.5) is 11.4 Å². The number of nitrogens with zero attached hydrogens (tertiary/aromatic N) is 7. The molecule has 2 aromatic heterocycles. The average molecular weight is 606 g/mol. The number of rotatable bonds is 4. The zero-order valence-electron chi connectivity index (χ0n) is 25.0. The second-order valence-electron chi connectivity index (χ2n) is 11.4. The lowest BCUT2D eigenvalue weighted by Crippen LogP contribution is -2.46. The molecular formula is C35H27N9O2. The fourth-order valence-electron chi connectivity index (χ4n) is 6.95. The molecule has 4 aromatic carbocycles. The number of aryl methyl sites for hydroxylation is 2. The maximum Gasteiger partial charge on any atom is 0.248 e. The molecule has 1 unspecified atom stereocenters. The van der Waals surface area contributed by atoms with E-state index >= 15 is 4.79 Å². The predicted octanol–water partition coefficient (Wildman–Crippen LogP) is 4.74. The molecule has 0 radical (unpaired) electrons. The molecule has 0 fully saturated rings. The zero-order valence-corrected chi connectivity index (χ0v) is 25.0. The van der Waals surface area contributed by atoms with Crippen molar-refractivity contribution in [2.75, 3.05) is 10.6 Å². The molecule has 0 aliphatic carbocycles. The Kier molecular flexibility index (Phi) is 5.85. The number of carbonyl (C=O) groups excluding carboxylic acids is 1. The van der Waals surface area contributed by atoms with Gasteiger partial charge in [-0.05, 0) is 48.7 Å². The first-order valence-electron chi connectivity index (χ1n) is 14.9. The molecule has 6 aromatic rings. The molecular weight excluding hydrogens is 578 g/mol. The molecule has 1 amide bonds. The van der Waals surface area contributed by atoms with Crippen LogP contribution < -0.4 is 21.1 Å². The van der Waals surface area contributed by atoms with Gasteiger partial charge in [0.25, 0.3) is 0 Å². The van der Waals surface area contributed by atoms with Crippen molar-refractivity contribution in [3.8, 4) is 17.5 Å². The average Bonchev–Trinajstić information content (AvgIpc) is 3.61. The standard InChI is InChI=1S/C35H27N9O2/c1-3-20-10-8-9-19(2)31(20)44-21(17-39-42-44)18-43-28-14-7-4-11-22(28)35(34(43)45)23(16-36)33(38)46-32-24(37)15-27-30(29(32)35)41-26-13-6-5-12-25(26)40-27/h4-15,17H,3,18,37-38H2,1-2H3. The highest BCUT2D eigenvalue weighted by Crippen LogP contribution is 2.58. The van der Waals surface area contributed by atoms with Gasteiger partial charge >= 0.3 is 0 Å². The van der Waals surface area contributed by atoms with Gasteiger partial charge in [-0.15, -0.1) is 5.10 Å². The van der Waals surface area contributed by atoms with Crippen LogP contribution in [-0.4, -0.2) is 30.9 Å². The summed E-state index contributed by atoms with van der Waals surface area (Å²) in [5.74, 6) is -0.412. The molecule has 224 valence electrons. The van der Waals surface area contributed by atoms with E-state index in [1.165, 1.54) is 0 Å². The second kappa shape index (κ2) is 9.87. The molecule has 1 spiro atoms. The SMILES string of the molecule is CCc1cccc(C)c1-n1nncc1CN1C(=O)C2(C(C#N)=C(N)Oc3c(N)cc4nc5ccccc5nc4c32)c2ccccc21. The topological polar surface area (TPSA) is 162 Å². The fraction of sp³-hybridized carbons (Fsp3) is 0.143. The van der Waals surface area contributed by atoms with Crippen LogP contribution in [0.2, 0.25) is 0 Å². The quantitative estimate of drug-likeness (QED) is 0.214. The summed E-state index contributed by atoms with van der Waals surface area (Å²) in [6, 6.07) is 24.8. The Hall–Kier alpha value is -6.28. The van der Waals surface area contributed by atoms with Crippen molar-refractivity contribution in [3.63, 3.8) is 0 Å². The lowest BCUT2D eigenvalue weighted by atomic mass is 9.68. The van der Waals surface area contributed by atoms with E-state index in [-0.39, 0.29) is 29.4 Å². The van der Waals surface area contributed by atoms with Crippen LogP contribution in [0.1, 0.15) is 34.9 Å². The molecule has 4 N–H and O–H groups in total. The van der Waals surface area contributed by atoms with E-state index in [1.54, 1.807) is 21.8 Å². The summed E-state index contributed by atoms with van der Waals surface area (Å²) >= 11 is 0. The van der Waals surface area contributed by atoms with Crippen molar-refractivity contribution in [3.05, 3.63) is 118 Å². The van der Waals surface area contributed by atoms with E-state index in [9.17, 15) is 5.26 Å². The Balaban J connectivity index is 1.40. The molecule has 0 bridgehead atoms. The number of hydrogen-bond donors (Lipinski definition) is 2. The molecule has 11 nitrogen and oxygen atoms in total. The summed E-state index contributed by atoms with van der Waals surface area (Å²) in [6.07, 6.45) is 2.45. The number of amides is 1. The van der Waals surface area contributed by atoms with Crippen molar-refractivity contribution in [2.24, 2.45) is 5.73 Å². The van der Waals surface area contributed by atoms with Crippen LogP contribution in [0.3, 0.4) is 0 Å². The van der Waals surface area contributed by atoms with Gasteiger partial charge in [0.2, 0.25) is 11.8 Å². The molecule has 2 aliphatic heterocycles. The molecule has 11 heteroatoms. The van der Waals surface area contributed by atoms with Crippen molar-refractivity contribution in [1.29, 1.82) is 5.26 Å². The normalized spacial score (nSPS) is 17.0. The minimum absolute atomic E-state index is 0.0411. The minimum atomic E-state index is -1.71. The number of anilines is 2. The van der Waals surface area contributed by atoms with Crippen LogP contribution >= 0.6 is 0 Å². The number of para-hydroxylation sites is 4. The van der Waals surface area contributed by atoms with Crippen molar-refractivity contribution in [1.82, 2.24) is 25.0 Å². The van der Waals surface area contributed by atoms with E-state index in [0.29, 0.717) is 44.6 Å². The first kappa shape index (κ1) is 27.3. The van der Waals surface area contributed by atoms with Gasteiger partial charge in [0.1, 0.15) is 17.1 Å². The fourth-order valence-corrected chi connectivity index (χ4v) is 6.95. The van der Waals surface area contributed by atoms with Crippen LogP contribution in [0.15, 0.2) is 90.4 Å². The van der Waals surface area contributed by atoms with E-state index in [1.807, 2.05) is 67.6 Å². The monoisotopic (exact) mass is 605 g/mol. The number of aromatic nitrogens is 5. The van der Waals surface area contributed by atoms with Gasteiger partial charge in [0.15, 0.2) is 5.75 Å². The number of ether oxygens (including phenoxy) is 1. The van der Waals surface area contributed by atoms with Crippen molar-refractivity contribution >= 4 is 39.3 Å². The van der Waals surface area contributed by atoms with Gasteiger partial charge in [0.05, 0.1) is 57.4 Å². The number of hydrogen-bond acceptors (Lipinski definition) is 9. The second-order valence-corrected chi connectivity index (χ2v) is 11.4. The van der Waals surface area contributed by atoms with Gasteiger partial charge in [0, 0.05) is 11.3 Å². The number of nitrogen functional groups attached to an aromatic ring is 1. The highest BCUT2D eigenvalue weighted by molar-refractivity contribution is 6.16. The van der Waals surface area contributed by atoms with E-state index < -0.39 is 11.3 Å². The third kappa shape index (κ3) is 3.55. The zero-order chi connectivity index (χ0) is 31.7. The van der Waals surface area contributed by atoms with E-state index in [2.05, 4.69) is 29.4 Å². The predicted molar refractivity (Wildman–Crippen MR) is 173 cm³/mol. The summed E-state index contributed by atoms with van der Waals surface area (Å²) < 4.78 is 7.83. The van der Waals surface area contributed by atoms with Crippen molar-refractivity contribution < 1.29 is 9.53 Å². The number of benzene rings is 4. The third-order valence-electron chi connectivity index (χ3n) is 8.95. The van der Waals surface area contributed by atoms with E-state index in [0.717, 1.165) is 23.2 Å². The van der Waals surface area contributed by atoms with Gasteiger partial charge < -0.3 is 21.1 Å². The number of nitriles is 1. The molecule has 46 heavy (non-hydrogen) atoms. The lowest BCUT2D eigenvalue weighted by Gasteiger charge is -2.35. The molecule has 4 heterocycles. The van der Waals surface area contributed by atoms with Crippen LogP contribution in [0.5, 0.6) is 5.75 Å². The minimum Gasteiger partial charge on any atom is -0.438 e. The molecule has 0 saturated carbocycles. The summed E-state index contributed by atoms with van der Waals surface area (Å²) in [7, 11) is 0. The van der Waals surface area contributed by atoms with Gasteiger partial charge in [-0.25, -0.2) is 14.6 Å². The van der Waals surface area contributed by atoms with Gasteiger partial charge in [-0.1, -0.05) is 60.7 Å². The maximum atomic E-state index is 15.3. The van der Waals surface area contributed by atoms with Gasteiger partial charge in [-0.2, -0.15) is 5.26 Å². The molecule has 2 aliphatic rings. The highest BCUT2D eigenvalue weighted by atomic mass is 16.5. The van der Waals surface area contributed by atoms with Crippen LogP contribution in [0, 0.1) is 18.3 Å². The number of nitrogens with two attached hydrogens (primary N) is 2. The smallest absolute Gasteiger partial charge is 0.248 e. The highest BCUT2D eigenvalue weighted by Gasteiger charge is 2.60. The first-order chi connectivity index (χ1) is 22.4. The molecule has 1 atom stereocenters. The summed E-state index contributed by atoms with van der Waals surface area (Å²) in [6.45, 7) is 4.23. The summed E-state index contributed by atoms with van der Waals surface area (Å²) in [5, 5.41) is 19.3. The van der Waals surface area contributed by atoms with Gasteiger partial charge in [-0.3, -0.25) is 4.79 Å². The Labute approximate surface area is 263 Å². The largest absolute Gasteiger partial charge is 0.438 e. The molecule has 8 rings (SSSR count). The third-order valence-corrected chi connectivity index (χ3v) is 8.95. The Morgan fingerprint density at radius 2 is 1.74 bits per heavy atom. The first-order valence-corrected chi connectivity index (χ1v) is 14.9. The van der Waals surface area contributed by atoms with Crippen LogP contribution in [0.25, 0.3) is 27.8 Å². The van der Waals surface area contributed by atoms with E-state index in [4.69, 9.17) is 26.2 Å². The summed E-state index contributed by atoms with van der Waals surface area (Å²) in [5.41, 5.74) is 18.9. The Morgan fingerprint density at radius 3 is 2.52 bits per heavy atom. The number of carbonyl (C=O) groups is 1. The Morgan fingerprint density at radius 1 is 0.978 bits per heavy atom. The van der Waals surface area contributed by atoms with Crippen LogP contribution in [-0.2, 0) is 23.2 Å². The molecule has 0 saturated heterocycles. The summed E-state index contributed by atoms with van der Waals surface area (Å²) in [4.78, 5) is 26.7. The number of fused-ring (bicyclic) bond motifs is 7. The Bertz CT molecular complexity index is 2350. The van der Waals surface area contributed by atoms with Crippen molar-refractivity contribution in [2.45, 2.75) is 32.2 Å². The lowest BCUT2D eigenvalue weighted by molar-refractivity contribution is -0.121. The maximum absolute atomic E-state index is 15.3.